The van der Waals surface area contributed by atoms with Crippen LogP contribution in [-0.4, -0.2) is 26.0 Å². The average molecular weight is 278 g/mol. The Kier molecular flexibility index (Phi) is 3.80. The zero-order chi connectivity index (χ0) is 14.8. The molecule has 0 unspecified atom stereocenters. The Morgan fingerprint density at radius 2 is 2.25 bits per heavy atom. The van der Waals surface area contributed by atoms with Crippen molar-refractivity contribution in [3.05, 3.63) is 42.0 Å². The van der Waals surface area contributed by atoms with Gasteiger partial charge in [0, 0.05) is 5.69 Å². The minimum atomic E-state index is -1.11. The smallest absolute Gasteiger partial charge is 0.246 e. The SMILES string of the molecule is CC(C)(O)c1cn(CC(=O)Nc2cccc(F)c2)nn1. The van der Waals surface area contributed by atoms with Crippen LogP contribution in [0.4, 0.5) is 10.1 Å². The monoisotopic (exact) mass is 278 g/mol. The molecule has 1 amide bonds. The van der Waals surface area contributed by atoms with E-state index in [1.54, 1.807) is 19.9 Å². The molecular weight excluding hydrogens is 263 g/mol. The van der Waals surface area contributed by atoms with Crippen LogP contribution < -0.4 is 5.32 Å². The first-order valence-electron chi connectivity index (χ1n) is 6.03. The topological polar surface area (TPSA) is 80.0 Å². The molecule has 1 heterocycles. The van der Waals surface area contributed by atoms with E-state index in [4.69, 9.17) is 0 Å². The largest absolute Gasteiger partial charge is 0.384 e. The predicted molar refractivity (Wildman–Crippen MR) is 70.3 cm³/mol. The van der Waals surface area contributed by atoms with Crippen LogP contribution >= 0.6 is 0 Å². The first kappa shape index (κ1) is 14.1. The number of benzene rings is 1. The Hall–Kier alpha value is -2.28. The molecule has 0 saturated heterocycles. The molecule has 1 aromatic heterocycles. The van der Waals surface area contributed by atoms with Crippen LogP contribution in [0.15, 0.2) is 30.5 Å². The van der Waals surface area contributed by atoms with E-state index in [9.17, 15) is 14.3 Å². The van der Waals surface area contributed by atoms with Crippen LogP contribution in [0.1, 0.15) is 19.5 Å². The van der Waals surface area contributed by atoms with Gasteiger partial charge in [0.2, 0.25) is 5.91 Å². The lowest BCUT2D eigenvalue weighted by atomic mass is 10.1. The molecule has 0 atom stereocenters. The summed E-state index contributed by atoms with van der Waals surface area (Å²) in [5.41, 5.74) is -0.369. The summed E-state index contributed by atoms with van der Waals surface area (Å²) < 4.78 is 14.3. The summed E-state index contributed by atoms with van der Waals surface area (Å²) in [4.78, 5) is 11.8. The van der Waals surface area contributed by atoms with Gasteiger partial charge in [0.05, 0.1) is 6.20 Å². The van der Waals surface area contributed by atoms with Crippen LogP contribution in [0.2, 0.25) is 0 Å². The van der Waals surface area contributed by atoms with Crippen molar-refractivity contribution < 1.29 is 14.3 Å². The van der Waals surface area contributed by atoms with Gasteiger partial charge in [0.1, 0.15) is 23.7 Å². The molecule has 6 nitrogen and oxygen atoms in total. The second-order valence-electron chi connectivity index (χ2n) is 4.92. The van der Waals surface area contributed by atoms with Crippen molar-refractivity contribution in [2.24, 2.45) is 0 Å². The number of carbonyl (C=O) groups is 1. The lowest BCUT2D eigenvalue weighted by Gasteiger charge is -2.11. The van der Waals surface area contributed by atoms with E-state index in [0.717, 1.165) is 0 Å². The maximum Gasteiger partial charge on any atom is 0.246 e. The highest BCUT2D eigenvalue weighted by Gasteiger charge is 2.20. The fourth-order valence-corrected chi connectivity index (χ4v) is 1.57. The fraction of sp³-hybridized carbons (Fsp3) is 0.308. The normalized spacial score (nSPS) is 11.4. The highest BCUT2D eigenvalue weighted by Crippen LogP contribution is 2.15. The molecule has 20 heavy (non-hydrogen) atoms. The molecule has 2 aromatic rings. The third-order valence-corrected chi connectivity index (χ3v) is 2.58. The van der Waals surface area contributed by atoms with Crippen molar-refractivity contribution in [3.63, 3.8) is 0 Å². The molecule has 1 aromatic carbocycles. The Morgan fingerprint density at radius 3 is 2.85 bits per heavy atom. The Bertz CT molecular complexity index is 619. The molecule has 7 heteroatoms. The Morgan fingerprint density at radius 1 is 1.50 bits per heavy atom. The van der Waals surface area contributed by atoms with Crippen LogP contribution in [0.5, 0.6) is 0 Å². The van der Waals surface area contributed by atoms with Crippen LogP contribution in [0.25, 0.3) is 0 Å². The van der Waals surface area contributed by atoms with Gasteiger partial charge in [0.25, 0.3) is 0 Å². The van der Waals surface area contributed by atoms with Gasteiger partial charge in [-0.25, -0.2) is 9.07 Å². The minimum Gasteiger partial charge on any atom is -0.384 e. The lowest BCUT2D eigenvalue weighted by molar-refractivity contribution is -0.116. The third kappa shape index (κ3) is 3.61. The molecule has 0 fully saturated rings. The molecule has 0 aliphatic carbocycles. The third-order valence-electron chi connectivity index (χ3n) is 2.58. The van der Waals surface area contributed by atoms with E-state index >= 15 is 0 Å². The van der Waals surface area contributed by atoms with Crippen molar-refractivity contribution in [1.82, 2.24) is 15.0 Å². The summed E-state index contributed by atoms with van der Waals surface area (Å²) in [6, 6.07) is 5.61. The number of nitrogens with one attached hydrogen (secondary N) is 1. The van der Waals surface area contributed by atoms with E-state index in [1.165, 1.54) is 29.1 Å². The van der Waals surface area contributed by atoms with E-state index in [1.807, 2.05) is 0 Å². The second-order valence-corrected chi connectivity index (χ2v) is 4.92. The second kappa shape index (κ2) is 5.38. The molecule has 0 spiro atoms. The summed E-state index contributed by atoms with van der Waals surface area (Å²) in [7, 11) is 0. The molecule has 2 rings (SSSR count). The lowest BCUT2D eigenvalue weighted by Crippen LogP contribution is -2.19. The van der Waals surface area contributed by atoms with Gasteiger partial charge in [-0.3, -0.25) is 4.79 Å². The van der Waals surface area contributed by atoms with Gasteiger partial charge < -0.3 is 10.4 Å². The number of hydrogen-bond donors (Lipinski definition) is 2. The maximum absolute atomic E-state index is 13.0. The molecule has 0 radical (unpaired) electrons. The maximum atomic E-state index is 13.0. The standard InChI is InChI=1S/C13H15FN4O2/c1-13(2,20)11-7-18(17-16-11)8-12(19)15-10-5-3-4-9(14)6-10/h3-7,20H,8H2,1-2H3,(H,15,19). The molecule has 0 bridgehead atoms. The number of carbonyl (C=O) groups excluding carboxylic acids is 1. The van der Waals surface area contributed by atoms with E-state index in [2.05, 4.69) is 15.6 Å². The Balaban J connectivity index is 2.00. The zero-order valence-electron chi connectivity index (χ0n) is 11.2. The molecule has 2 N–H and O–H groups in total. The number of hydrogen-bond acceptors (Lipinski definition) is 4. The first-order chi connectivity index (χ1) is 9.34. The predicted octanol–water partition coefficient (Wildman–Crippen LogP) is 1.28. The molecule has 0 saturated carbocycles. The van der Waals surface area contributed by atoms with Gasteiger partial charge in [-0.2, -0.15) is 0 Å². The number of nitrogens with zero attached hydrogens (tertiary/aromatic N) is 3. The van der Waals surface area contributed by atoms with Crippen LogP contribution in [0, 0.1) is 5.82 Å². The fourth-order valence-electron chi connectivity index (χ4n) is 1.57. The number of halogens is 1. The van der Waals surface area contributed by atoms with Gasteiger partial charge >= 0.3 is 0 Å². The summed E-state index contributed by atoms with van der Waals surface area (Å²) in [5, 5.41) is 19.8. The van der Waals surface area contributed by atoms with Gasteiger partial charge in [0.15, 0.2) is 0 Å². The summed E-state index contributed by atoms with van der Waals surface area (Å²) in [5.74, 6) is -0.782. The van der Waals surface area contributed by atoms with Crippen molar-refractivity contribution in [3.8, 4) is 0 Å². The van der Waals surface area contributed by atoms with Crippen LogP contribution in [-0.2, 0) is 16.9 Å². The van der Waals surface area contributed by atoms with E-state index in [-0.39, 0.29) is 12.5 Å². The zero-order valence-corrected chi connectivity index (χ0v) is 11.2. The number of aliphatic hydroxyl groups is 1. The van der Waals surface area contributed by atoms with E-state index in [0.29, 0.717) is 11.4 Å². The molecule has 0 aliphatic rings. The number of rotatable bonds is 4. The highest BCUT2D eigenvalue weighted by atomic mass is 19.1. The number of aromatic nitrogens is 3. The summed E-state index contributed by atoms with van der Waals surface area (Å²) >= 11 is 0. The van der Waals surface area contributed by atoms with Gasteiger partial charge in [-0.15, -0.1) is 5.10 Å². The van der Waals surface area contributed by atoms with Crippen molar-refractivity contribution in [1.29, 1.82) is 0 Å². The van der Waals surface area contributed by atoms with Crippen molar-refractivity contribution in [2.75, 3.05) is 5.32 Å². The average Bonchev–Trinajstić information content (AvgIpc) is 2.76. The molecule has 106 valence electrons. The summed E-state index contributed by atoms with van der Waals surface area (Å²) in [6.45, 7) is 3.09. The summed E-state index contributed by atoms with van der Waals surface area (Å²) in [6.07, 6.45) is 1.49. The molecule has 0 aliphatic heterocycles. The number of anilines is 1. The highest BCUT2D eigenvalue weighted by molar-refractivity contribution is 5.90. The quantitative estimate of drug-likeness (QED) is 0.883. The van der Waals surface area contributed by atoms with Crippen molar-refractivity contribution >= 4 is 11.6 Å². The van der Waals surface area contributed by atoms with Gasteiger partial charge in [-0.1, -0.05) is 11.3 Å². The van der Waals surface area contributed by atoms with E-state index < -0.39 is 11.4 Å². The van der Waals surface area contributed by atoms with Crippen molar-refractivity contribution in [2.45, 2.75) is 26.0 Å². The van der Waals surface area contributed by atoms with Crippen LogP contribution in [0.3, 0.4) is 0 Å². The van der Waals surface area contributed by atoms with Gasteiger partial charge in [-0.05, 0) is 32.0 Å². The number of amides is 1. The molecular formula is C13H15FN4O2. The first-order valence-corrected chi connectivity index (χ1v) is 6.03. The minimum absolute atomic E-state index is 0.0698. The Labute approximate surface area is 115 Å².